The highest BCUT2D eigenvalue weighted by Gasteiger charge is 2.04. The lowest BCUT2D eigenvalue weighted by molar-refractivity contribution is 0.0697. The fraction of sp³-hybridized carbons (Fsp3) is 0. The number of nitrogens with one attached hydrogen (secondary N) is 1. The molecule has 0 spiro atoms. The van der Waals surface area contributed by atoms with Crippen LogP contribution in [0, 0.1) is 5.41 Å². The molecule has 0 amide bonds. The first-order valence-electron chi connectivity index (χ1n) is 3.28. The number of nitrogen functional groups attached to an aromatic ring is 1. The molecule has 0 aliphatic rings. The molecular weight excluding hydrogens is 156 g/mol. The van der Waals surface area contributed by atoms with Gasteiger partial charge in [-0.1, -0.05) is 0 Å². The first-order chi connectivity index (χ1) is 5.65. The Balaban J connectivity index is 3.22. The van der Waals surface area contributed by atoms with Crippen LogP contribution in [-0.4, -0.2) is 17.3 Å². The van der Waals surface area contributed by atoms with Crippen molar-refractivity contribution in [3.8, 4) is 0 Å². The molecule has 1 rings (SSSR count). The summed E-state index contributed by atoms with van der Waals surface area (Å²) in [6, 6.07) is 4.25. The molecule has 0 aromatic heterocycles. The molecule has 4 nitrogen and oxygen atoms in total. The Morgan fingerprint density at radius 1 is 1.58 bits per heavy atom. The van der Waals surface area contributed by atoms with E-state index >= 15 is 0 Å². The number of carboxylic acids is 1. The van der Waals surface area contributed by atoms with E-state index in [1.54, 1.807) is 0 Å². The van der Waals surface area contributed by atoms with Crippen LogP contribution in [0.2, 0.25) is 0 Å². The van der Waals surface area contributed by atoms with Crippen LogP contribution >= 0.6 is 0 Å². The van der Waals surface area contributed by atoms with Gasteiger partial charge in [-0.25, -0.2) is 4.79 Å². The third kappa shape index (κ3) is 1.42. The van der Waals surface area contributed by atoms with Crippen LogP contribution in [0.25, 0.3) is 0 Å². The summed E-state index contributed by atoms with van der Waals surface area (Å²) < 4.78 is 0. The third-order valence-corrected chi connectivity index (χ3v) is 1.49. The molecule has 1 aromatic rings. The molecule has 12 heavy (non-hydrogen) atoms. The van der Waals surface area contributed by atoms with Gasteiger partial charge in [-0.05, 0) is 18.2 Å². The zero-order chi connectivity index (χ0) is 9.14. The summed E-state index contributed by atoms with van der Waals surface area (Å²) in [4.78, 5) is 10.5. The van der Waals surface area contributed by atoms with Crippen LogP contribution in [0.5, 0.6) is 0 Å². The van der Waals surface area contributed by atoms with Crippen LogP contribution in [0.15, 0.2) is 18.2 Å². The molecule has 0 unspecified atom stereocenters. The van der Waals surface area contributed by atoms with Crippen molar-refractivity contribution >= 4 is 17.9 Å². The zero-order valence-corrected chi connectivity index (χ0v) is 6.24. The third-order valence-electron chi connectivity index (χ3n) is 1.49. The van der Waals surface area contributed by atoms with Crippen LogP contribution in [0.3, 0.4) is 0 Å². The Bertz CT molecular complexity index is 334. The zero-order valence-electron chi connectivity index (χ0n) is 6.24. The fourth-order valence-corrected chi connectivity index (χ4v) is 0.833. The van der Waals surface area contributed by atoms with Crippen LogP contribution in [0.4, 0.5) is 5.69 Å². The van der Waals surface area contributed by atoms with E-state index in [4.69, 9.17) is 16.2 Å². The molecule has 0 heterocycles. The highest BCUT2D eigenvalue weighted by atomic mass is 16.4. The molecule has 4 heteroatoms. The van der Waals surface area contributed by atoms with E-state index < -0.39 is 5.97 Å². The van der Waals surface area contributed by atoms with Gasteiger partial charge in [0.25, 0.3) is 0 Å². The van der Waals surface area contributed by atoms with Crippen molar-refractivity contribution in [1.82, 2.24) is 0 Å². The summed E-state index contributed by atoms with van der Waals surface area (Å²) in [6.07, 6.45) is 1.03. The lowest BCUT2D eigenvalue weighted by Crippen LogP contribution is -2.00. The number of rotatable bonds is 2. The monoisotopic (exact) mass is 164 g/mol. The maximum atomic E-state index is 10.5. The summed E-state index contributed by atoms with van der Waals surface area (Å²) in [7, 11) is 0. The Morgan fingerprint density at radius 2 is 2.25 bits per heavy atom. The number of carboxylic acid groups (broad SMARTS) is 1. The first kappa shape index (κ1) is 8.26. The molecule has 0 saturated carbocycles. The van der Waals surface area contributed by atoms with Gasteiger partial charge < -0.3 is 16.2 Å². The summed E-state index contributed by atoms with van der Waals surface area (Å²) in [5.41, 5.74) is 6.44. The summed E-state index contributed by atoms with van der Waals surface area (Å²) >= 11 is 0. The van der Waals surface area contributed by atoms with Gasteiger partial charge in [-0.2, -0.15) is 0 Å². The van der Waals surface area contributed by atoms with E-state index in [9.17, 15) is 4.79 Å². The quantitative estimate of drug-likeness (QED) is 0.449. The van der Waals surface area contributed by atoms with E-state index in [2.05, 4.69) is 0 Å². The molecule has 0 atom stereocenters. The van der Waals surface area contributed by atoms with Gasteiger partial charge in [0.15, 0.2) is 0 Å². The van der Waals surface area contributed by atoms with Gasteiger partial charge in [0.1, 0.15) is 0 Å². The van der Waals surface area contributed by atoms with Crippen molar-refractivity contribution in [3.63, 3.8) is 0 Å². The molecule has 0 saturated heterocycles. The molecule has 0 aliphatic carbocycles. The topological polar surface area (TPSA) is 87.2 Å². The second-order valence-electron chi connectivity index (χ2n) is 2.29. The van der Waals surface area contributed by atoms with Crippen molar-refractivity contribution in [1.29, 1.82) is 5.41 Å². The van der Waals surface area contributed by atoms with Crippen LogP contribution in [0.1, 0.15) is 15.9 Å². The van der Waals surface area contributed by atoms with Gasteiger partial charge in [0.05, 0.1) is 5.56 Å². The predicted molar refractivity (Wildman–Crippen MR) is 45.7 cm³/mol. The first-order valence-corrected chi connectivity index (χ1v) is 3.28. The van der Waals surface area contributed by atoms with Crippen LogP contribution < -0.4 is 5.73 Å². The van der Waals surface area contributed by atoms with E-state index in [0.717, 1.165) is 6.21 Å². The maximum Gasteiger partial charge on any atom is 0.335 e. The number of anilines is 1. The van der Waals surface area contributed by atoms with E-state index in [0.29, 0.717) is 11.3 Å². The highest BCUT2D eigenvalue weighted by Crippen LogP contribution is 2.11. The number of aromatic carboxylic acids is 1. The second-order valence-corrected chi connectivity index (χ2v) is 2.29. The minimum absolute atomic E-state index is 0.141. The van der Waals surface area contributed by atoms with Crippen LogP contribution in [-0.2, 0) is 0 Å². The van der Waals surface area contributed by atoms with Gasteiger partial charge in [0, 0.05) is 17.5 Å². The van der Waals surface area contributed by atoms with Crippen molar-refractivity contribution in [2.75, 3.05) is 5.73 Å². The summed E-state index contributed by atoms with van der Waals surface area (Å²) in [5.74, 6) is -1.02. The molecule has 62 valence electrons. The second kappa shape index (κ2) is 3.04. The van der Waals surface area contributed by atoms with Crippen molar-refractivity contribution in [2.24, 2.45) is 0 Å². The minimum atomic E-state index is -1.02. The molecule has 0 aliphatic heterocycles. The largest absolute Gasteiger partial charge is 0.478 e. The lowest BCUT2D eigenvalue weighted by atomic mass is 10.1. The fourth-order valence-electron chi connectivity index (χ4n) is 0.833. The average molecular weight is 164 g/mol. The highest BCUT2D eigenvalue weighted by molar-refractivity contribution is 5.93. The average Bonchev–Trinajstić information content (AvgIpc) is 2.05. The SMILES string of the molecule is N=Cc1cc(C(=O)O)ccc1N. The number of hydrogen-bond donors (Lipinski definition) is 3. The Morgan fingerprint density at radius 3 is 2.75 bits per heavy atom. The number of hydrogen-bond acceptors (Lipinski definition) is 3. The van der Waals surface area contributed by atoms with Crippen molar-refractivity contribution in [2.45, 2.75) is 0 Å². The minimum Gasteiger partial charge on any atom is -0.478 e. The standard InChI is InChI=1S/C8H8N2O2/c9-4-6-3-5(8(11)12)1-2-7(6)10/h1-4,9H,10H2,(H,11,12). The summed E-state index contributed by atoms with van der Waals surface area (Å²) in [5, 5.41) is 15.5. The molecule has 4 N–H and O–H groups in total. The van der Waals surface area contributed by atoms with Crippen molar-refractivity contribution in [3.05, 3.63) is 29.3 Å². The van der Waals surface area contributed by atoms with Crippen molar-refractivity contribution < 1.29 is 9.90 Å². The van der Waals surface area contributed by atoms with Gasteiger partial charge in [0.2, 0.25) is 0 Å². The maximum absolute atomic E-state index is 10.5. The van der Waals surface area contributed by atoms with Gasteiger partial charge in [-0.3, -0.25) is 0 Å². The van der Waals surface area contributed by atoms with E-state index in [1.165, 1.54) is 18.2 Å². The molecule has 0 radical (unpaired) electrons. The predicted octanol–water partition coefficient (Wildman–Crippen LogP) is 0.965. The number of benzene rings is 1. The normalized spacial score (nSPS) is 9.33. The molecular formula is C8H8N2O2. The molecule has 1 aromatic carbocycles. The lowest BCUT2D eigenvalue weighted by Gasteiger charge is -1.99. The Hall–Kier alpha value is -1.84. The van der Waals surface area contributed by atoms with E-state index in [1.807, 2.05) is 0 Å². The Kier molecular flexibility index (Phi) is 2.09. The number of carbonyl (C=O) groups is 1. The smallest absolute Gasteiger partial charge is 0.335 e. The molecule has 0 fully saturated rings. The summed E-state index contributed by atoms with van der Waals surface area (Å²) in [6.45, 7) is 0. The van der Waals surface area contributed by atoms with E-state index in [-0.39, 0.29) is 5.56 Å². The Labute approximate surface area is 69.1 Å². The number of nitrogens with two attached hydrogens (primary N) is 1. The van der Waals surface area contributed by atoms with Gasteiger partial charge >= 0.3 is 5.97 Å². The molecule has 0 bridgehead atoms. The van der Waals surface area contributed by atoms with Gasteiger partial charge in [-0.15, -0.1) is 0 Å².